The molecule has 15 heteroatoms. The zero-order valence-electron chi connectivity index (χ0n) is 18.5. The quantitative estimate of drug-likeness (QED) is 0.386. The number of allylic oxidation sites excluding steroid dienone is 1. The summed E-state index contributed by atoms with van der Waals surface area (Å²) >= 11 is 12.7. The average molecular weight is 558 g/mol. The molecule has 0 aliphatic rings. The van der Waals surface area contributed by atoms with Gasteiger partial charge in [-0.3, -0.25) is 14.6 Å². The van der Waals surface area contributed by atoms with Gasteiger partial charge >= 0.3 is 6.18 Å². The van der Waals surface area contributed by atoms with E-state index in [0.717, 1.165) is 17.5 Å². The van der Waals surface area contributed by atoms with E-state index >= 15 is 0 Å². The molecule has 0 unspecified atom stereocenters. The molecule has 0 fully saturated rings. The van der Waals surface area contributed by atoms with Crippen LogP contribution in [0, 0.1) is 0 Å². The summed E-state index contributed by atoms with van der Waals surface area (Å²) in [6.45, 7) is 3.42. The first kappa shape index (κ1) is 27.2. The summed E-state index contributed by atoms with van der Waals surface area (Å²) in [5.74, 6) is -1.66. The van der Waals surface area contributed by atoms with Crippen molar-refractivity contribution in [2.45, 2.75) is 26.6 Å². The Morgan fingerprint density at radius 3 is 2.53 bits per heavy atom. The van der Waals surface area contributed by atoms with Gasteiger partial charge in [0.15, 0.2) is 5.69 Å². The zero-order valence-corrected chi connectivity index (χ0v) is 20.9. The maximum Gasteiger partial charge on any atom is 0.418 e. The molecule has 0 aromatic carbocycles. The fraction of sp³-hybridized carbons (Fsp3) is 0.190. The van der Waals surface area contributed by atoms with Crippen LogP contribution in [0.5, 0.6) is 0 Å². The normalized spacial score (nSPS) is 12.1. The molecular weight excluding hydrogens is 542 g/mol. The van der Waals surface area contributed by atoms with E-state index in [9.17, 15) is 22.8 Å². The van der Waals surface area contributed by atoms with Crippen molar-refractivity contribution in [1.82, 2.24) is 25.3 Å². The monoisotopic (exact) mass is 557 g/mol. The topological polar surface area (TPSA) is 122 Å². The lowest BCUT2D eigenvalue weighted by Gasteiger charge is -2.10. The fourth-order valence-electron chi connectivity index (χ4n) is 2.67. The Balaban J connectivity index is 1.66. The van der Waals surface area contributed by atoms with Crippen LogP contribution in [0.2, 0.25) is 10.0 Å². The third-order valence-corrected chi connectivity index (χ3v) is 6.00. The minimum atomic E-state index is -4.71. The fourth-order valence-corrected chi connectivity index (χ4v) is 3.95. The summed E-state index contributed by atoms with van der Waals surface area (Å²) < 4.78 is 39.0. The molecule has 3 heterocycles. The Morgan fingerprint density at radius 2 is 1.83 bits per heavy atom. The van der Waals surface area contributed by atoms with Gasteiger partial charge in [-0.25, -0.2) is 19.9 Å². The van der Waals surface area contributed by atoms with E-state index in [2.05, 4.69) is 35.6 Å². The number of nitrogens with one attached hydrogen (secondary N) is 2. The van der Waals surface area contributed by atoms with Gasteiger partial charge in [0.05, 0.1) is 34.1 Å². The van der Waals surface area contributed by atoms with E-state index in [1.807, 2.05) is 0 Å². The number of alkyl halides is 3. The van der Waals surface area contributed by atoms with Gasteiger partial charge in [-0.15, -0.1) is 11.3 Å². The smallest absolute Gasteiger partial charge is 0.344 e. The maximum absolute atomic E-state index is 13.0. The molecule has 36 heavy (non-hydrogen) atoms. The van der Waals surface area contributed by atoms with Gasteiger partial charge in [0, 0.05) is 12.4 Å². The van der Waals surface area contributed by atoms with Crippen LogP contribution in [0.1, 0.15) is 50.3 Å². The van der Waals surface area contributed by atoms with Crippen molar-refractivity contribution in [3.8, 4) is 0 Å². The molecule has 0 saturated heterocycles. The molecule has 188 valence electrons. The Bertz CT molecular complexity index is 1360. The summed E-state index contributed by atoms with van der Waals surface area (Å²) in [6.07, 6.45) is 1.78. The highest BCUT2D eigenvalue weighted by Gasteiger charge is 2.34. The van der Waals surface area contributed by atoms with E-state index < -0.39 is 28.6 Å². The Labute approximate surface area is 216 Å². The Morgan fingerprint density at radius 1 is 1.11 bits per heavy atom. The molecular formula is C21H16Cl2F3N7O2S. The van der Waals surface area contributed by atoms with Gasteiger partial charge < -0.3 is 10.6 Å². The minimum absolute atomic E-state index is 0.0219. The van der Waals surface area contributed by atoms with Crippen LogP contribution < -0.4 is 10.6 Å². The number of aromatic nitrogens is 4. The molecule has 3 aromatic heterocycles. The van der Waals surface area contributed by atoms with Gasteiger partial charge in [0.25, 0.3) is 11.8 Å². The second-order valence-corrected chi connectivity index (χ2v) is 8.78. The second-order valence-electron chi connectivity index (χ2n) is 6.88. The van der Waals surface area contributed by atoms with Crippen molar-refractivity contribution >= 4 is 57.9 Å². The summed E-state index contributed by atoms with van der Waals surface area (Å²) in [4.78, 5) is 45.0. The Hall–Kier alpha value is -3.42. The number of halogens is 5. The zero-order chi connectivity index (χ0) is 26.5. The van der Waals surface area contributed by atoms with E-state index in [4.69, 9.17) is 23.2 Å². The van der Waals surface area contributed by atoms with Gasteiger partial charge in [0.2, 0.25) is 0 Å². The number of carbonyl (C=O) groups is 2. The van der Waals surface area contributed by atoms with Crippen LogP contribution in [0.15, 0.2) is 42.1 Å². The molecule has 0 aliphatic carbocycles. The van der Waals surface area contributed by atoms with Crippen LogP contribution in [-0.4, -0.2) is 37.5 Å². The third-order valence-electron chi connectivity index (χ3n) is 4.34. The lowest BCUT2D eigenvalue weighted by molar-refractivity contribution is -0.137. The number of rotatable bonds is 7. The molecule has 3 rings (SSSR count). The van der Waals surface area contributed by atoms with Crippen LogP contribution in [0.4, 0.5) is 19.0 Å². The van der Waals surface area contributed by atoms with Crippen molar-refractivity contribution < 1.29 is 22.8 Å². The molecule has 0 atom stereocenters. The molecule has 0 bridgehead atoms. The van der Waals surface area contributed by atoms with Gasteiger partial charge in [-0.05, 0) is 19.9 Å². The van der Waals surface area contributed by atoms with E-state index in [1.54, 1.807) is 26.1 Å². The molecule has 3 aromatic rings. The van der Waals surface area contributed by atoms with Crippen molar-refractivity contribution in [1.29, 1.82) is 0 Å². The second kappa shape index (κ2) is 11.5. The number of hydrogen-bond donors (Lipinski definition) is 2. The first-order valence-corrected chi connectivity index (χ1v) is 11.5. The summed E-state index contributed by atoms with van der Waals surface area (Å²) in [5.41, 5.74) is -0.409. The largest absolute Gasteiger partial charge is 0.418 e. The third kappa shape index (κ3) is 6.62. The number of hydrogen-bond acceptors (Lipinski definition) is 8. The van der Waals surface area contributed by atoms with Crippen molar-refractivity contribution in [3.63, 3.8) is 0 Å². The highest BCUT2D eigenvalue weighted by molar-refractivity contribution is 7.13. The first-order chi connectivity index (χ1) is 17.0. The molecule has 9 nitrogen and oxygen atoms in total. The summed E-state index contributed by atoms with van der Waals surface area (Å²) in [5, 5.41) is 4.64. The number of amides is 2. The van der Waals surface area contributed by atoms with Crippen LogP contribution in [-0.2, 0) is 12.7 Å². The molecule has 0 saturated carbocycles. The number of aliphatic imine (C=N–C) groups is 1. The molecule has 0 spiro atoms. The first-order valence-electron chi connectivity index (χ1n) is 9.94. The van der Waals surface area contributed by atoms with Gasteiger partial charge in [-0.1, -0.05) is 29.3 Å². The van der Waals surface area contributed by atoms with Crippen molar-refractivity contribution in [2.24, 2.45) is 4.99 Å². The number of pyridine rings is 1. The van der Waals surface area contributed by atoms with Crippen LogP contribution in [0.3, 0.4) is 0 Å². The number of nitrogens with zero attached hydrogens (tertiary/aromatic N) is 5. The summed E-state index contributed by atoms with van der Waals surface area (Å²) in [6, 6.07) is 0.632. The number of thiazole rings is 1. The van der Waals surface area contributed by atoms with Crippen molar-refractivity contribution in [3.05, 3.63) is 73.9 Å². The van der Waals surface area contributed by atoms with Crippen molar-refractivity contribution in [2.75, 3.05) is 5.32 Å². The lowest BCUT2D eigenvalue weighted by atomic mass is 10.2. The molecule has 2 N–H and O–H groups in total. The van der Waals surface area contributed by atoms with E-state index in [0.29, 0.717) is 22.5 Å². The lowest BCUT2D eigenvalue weighted by Crippen LogP contribution is -2.25. The van der Waals surface area contributed by atoms with E-state index in [-0.39, 0.29) is 28.0 Å². The predicted molar refractivity (Wildman–Crippen MR) is 130 cm³/mol. The van der Waals surface area contributed by atoms with E-state index in [1.165, 1.54) is 12.5 Å². The van der Waals surface area contributed by atoms with Crippen LogP contribution >= 0.6 is 34.5 Å². The average Bonchev–Trinajstić information content (AvgIpc) is 3.31. The molecule has 2 amide bonds. The Kier molecular flexibility index (Phi) is 8.71. The number of carbonyl (C=O) groups excluding carboxylic acids is 2. The highest BCUT2D eigenvalue weighted by atomic mass is 35.5. The maximum atomic E-state index is 13.0. The SMILES string of the molecule is C/C=C\N=C(/C)c1ncnc(C(=O)NCc2ncc(C(=O)Nc3cc(C(F)(F)F)c(Cl)cn3)s2)c1Cl. The summed E-state index contributed by atoms with van der Waals surface area (Å²) in [7, 11) is 0. The predicted octanol–water partition coefficient (Wildman–Crippen LogP) is 5.18. The molecule has 0 aliphatic heterocycles. The highest BCUT2D eigenvalue weighted by Crippen LogP contribution is 2.35. The molecule has 0 radical (unpaired) electrons. The minimum Gasteiger partial charge on any atom is -0.344 e. The van der Waals surface area contributed by atoms with Gasteiger partial charge in [-0.2, -0.15) is 13.2 Å². The standard InChI is InChI=1S/C21H16Cl2F3N7O2S/c1-3-4-27-10(2)17-16(23)18(32-9-31-17)20(35)30-8-15-29-7-13(36-15)19(34)33-14-5-11(21(24,25)26)12(22)6-28-14/h3-7,9H,8H2,1-2H3,(H,30,35)(H,28,33,34)/b4-3-,27-10+. The number of anilines is 1. The van der Waals surface area contributed by atoms with Crippen LogP contribution in [0.25, 0.3) is 0 Å². The van der Waals surface area contributed by atoms with Gasteiger partial charge in [0.1, 0.15) is 27.7 Å².